The zero-order chi connectivity index (χ0) is 11.4. The smallest absolute Gasteiger partial charge is 0.222 e. The molecule has 0 spiro atoms. The van der Waals surface area contributed by atoms with Gasteiger partial charge in [0.1, 0.15) is 0 Å². The molecule has 3 atom stereocenters. The molecule has 0 aromatic heterocycles. The predicted octanol–water partition coefficient (Wildman–Crippen LogP) is 1.65. The largest absolute Gasteiger partial charge is 0.391 e. The Bertz CT molecular complexity index is 218. The van der Waals surface area contributed by atoms with E-state index in [0.717, 1.165) is 19.4 Å². The topological polar surface area (TPSA) is 40.5 Å². The lowest BCUT2D eigenvalue weighted by atomic mass is 9.95. The van der Waals surface area contributed by atoms with Crippen LogP contribution in [0.1, 0.15) is 40.0 Å². The summed E-state index contributed by atoms with van der Waals surface area (Å²) in [6.07, 6.45) is 2.25. The van der Waals surface area contributed by atoms with Gasteiger partial charge in [-0.3, -0.25) is 4.79 Å². The summed E-state index contributed by atoms with van der Waals surface area (Å²) in [5.41, 5.74) is 0. The lowest BCUT2D eigenvalue weighted by Gasteiger charge is -2.34. The Morgan fingerprint density at radius 1 is 1.60 bits per heavy atom. The van der Waals surface area contributed by atoms with Crippen LogP contribution in [0.25, 0.3) is 0 Å². The van der Waals surface area contributed by atoms with Gasteiger partial charge in [-0.1, -0.05) is 27.2 Å². The molecule has 1 fully saturated rings. The quantitative estimate of drug-likeness (QED) is 0.774. The van der Waals surface area contributed by atoms with Crippen molar-refractivity contribution in [1.29, 1.82) is 0 Å². The van der Waals surface area contributed by atoms with Crippen molar-refractivity contribution in [2.75, 3.05) is 13.1 Å². The fraction of sp³-hybridized carbons (Fsp3) is 0.917. The molecular formula is C12H23NO2. The zero-order valence-electron chi connectivity index (χ0n) is 10.1. The van der Waals surface area contributed by atoms with Crippen molar-refractivity contribution in [3.8, 4) is 0 Å². The van der Waals surface area contributed by atoms with Crippen LogP contribution in [0.4, 0.5) is 0 Å². The Morgan fingerprint density at radius 2 is 2.27 bits per heavy atom. The number of amides is 1. The number of carbonyl (C=O) groups excluding carboxylic acids is 1. The van der Waals surface area contributed by atoms with E-state index in [2.05, 4.69) is 13.8 Å². The summed E-state index contributed by atoms with van der Waals surface area (Å²) in [4.78, 5) is 13.7. The first-order valence-electron chi connectivity index (χ1n) is 6.00. The van der Waals surface area contributed by atoms with E-state index in [1.54, 1.807) is 0 Å². The summed E-state index contributed by atoms with van der Waals surface area (Å²) in [6, 6.07) is 0. The van der Waals surface area contributed by atoms with Gasteiger partial charge in [-0.05, 0) is 18.3 Å². The second-order valence-electron chi connectivity index (χ2n) is 4.89. The number of aliphatic hydroxyl groups excluding tert-OH is 1. The van der Waals surface area contributed by atoms with Crippen molar-refractivity contribution in [3.05, 3.63) is 0 Å². The van der Waals surface area contributed by atoms with Crippen LogP contribution in [0.3, 0.4) is 0 Å². The molecule has 0 saturated carbocycles. The van der Waals surface area contributed by atoms with Crippen LogP contribution >= 0.6 is 0 Å². The highest BCUT2D eigenvalue weighted by Gasteiger charge is 2.27. The first-order chi connectivity index (χ1) is 7.04. The Balaban J connectivity index is 2.40. The Kier molecular flexibility index (Phi) is 4.58. The molecule has 1 saturated heterocycles. The Morgan fingerprint density at radius 3 is 2.80 bits per heavy atom. The van der Waals surface area contributed by atoms with Crippen LogP contribution in [0.2, 0.25) is 0 Å². The summed E-state index contributed by atoms with van der Waals surface area (Å²) in [5, 5.41) is 9.69. The van der Waals surface area contributed by atoms with Crippen molar-refractivity contribution in [1.82, 2.24) is 4.90 Å². The number of carbonyl (C=O) groups is 1. The molecule has 88 valence electrons. The summed E-state index contributed by atoms with van der Waals surface area (Å²) < 4.78 is 0. The molecule has 3 nitrogen and oxygen atoms in total. The summed E-state index contributed by atoms with van der Waals surface area (Å²) in [7, 11) is 0. The van der Waals surface area contributed by atoms with Crippen molar-refractivity contribution >= 4 is 5.91 Å². The molecule has 0 aliphatic carbocycles. The van der Waals surface area contributed by atoms with Gasteiger partial charge in [-0.25, -0.2) is 0 Å². The number of nitrogens with zero attached hydrogens (tertiary/aromatic N) is 1. The van der Waals surface area contributed by atoms with Gasteiger partial charge in [0.2, 0.25) is 5.91 Å². The van der Waals surface area contributed by atoms with E-state index in [9.17, 15) is 9.90 Å². The molecule has 1 N–H and O–H groups in total. The highest BCUT2D eigenvalue weighted by atomic mass is 16.3. The SMILES string of the molecule is CCC(C)CC(=O)N1CCC(C)C(O)C1. The van der Waals surface area contributed by atoms with Gasteiger partial charge < -0.3 is 10.0 Å². The van der Waals surface area contributed by atoms with Crippen molar-refractivity contribution < 1.29 is 9.90 Å². The minimum Gasteiger partial charge on any atom is -0.391 e. The fourth-order valence-corrected chi connectivity index (χ4v) is 1.85. The molecule has 0 aromatic carbocycles. The maximum Gasteiger partial charge on any atom is 0.222 e. The molecule has 0 bridgehead atoms. The van der Waals surface area contributed by atoms with Crippen LogP contribution in [-0.4, -0.2) is 35.1 Å². The van der Waals surface area contributed by atoms with Crippen LogP contribution in [-0.2, 0) is 4.79 Å². The third-order valence-corrected chi connectivity index (χ3v) is 3.49. The third kappa shape index (κ3) is 3.49. The van der Waals surface area contributed by atoms with E-state index in [-0.39, 0.29) is 12.0 Å². The van der Waals surface area contributed by atoms with Gasteiger partial charge in [-0.15, -0.1) is 0 Å². The molecule has 0 aromatic rings. The maximum absolute atomic E-state index is 11.8. The summed E-state index contributed by atoms with van der Waals surface area (Å²) >= 11 is 0. The van der Waals surface area contributed by atoms with Gasteiger partial charge in [0.25, 0.3) is 0 Å². The van der Waals surface area contributed by atoms with Crippen molar-refractivity contribution in [3.63, 3.8) is 0 Å². The van der Waals surface area contributed by atoms with Crippen molar-refractivity contribution in [2.45, 2.75) is 46.1 Å². The second-order valence-corrected chi connectivity index (χ2v) is 4.89. The van der Waals surface area contributed by atoms with Gasteiger partial charge in [0.15, 0.2) is 0 Å². The lowest BCUT2D eigenvalue weighted by molar-refractivity contribution is -0.136. The molecule has 1 aliphatic rings. The molecular weight excluding hydrogens is 190 g/mol. The standard InChI is InChI=1S/C12H23NO2/c1-4-9(2)7-12(15)13-6-5-10(3)11(14)8-13/h9-11,14H,4-8H2,1-3H3. The molecule has 3 heteroatoms. The lowest BCUT2D eigenvalue weighted by Crippen LogP contribution is -2.46. The Hall–Kier alpha value is -0.570. The monoisotopic (exact) mass is 213 g/mol. The second kappa shape index (κ2) is 5.50. The van der Waals surface area contributed by atoms with Crippen LogP contribution in [0.15, 0.2) is 0 Å². The van der Waals surface area contributed by atoms with E-state index in [4.69, 9.17) is 0 Å². The number of aliphatic hydroxyl groups is 1. The Labute approximate surface area is 92.5 Å². The molecule has 1 rings (SSSR count). The fourth-order valence-electron chi connectivity index (χ4n) is 1.85. The average Bonchev–Trinajstić information content (AvgIpc) is 2.21. The van der Waals surface area contributed by atoms with Gasteiger partial charge in [0, 0.05) is 19.5 Å². The van der Waals surface area contributed by atoms with Gasteiger partial charge in [-0.2, -0.15) is 0 Å². The van der Waals surface area contributed by atoms with Gasteiger partial charge in [0.05, 0.1) is 6.10 Å². The maximum atomic E-state index is 11.8. The number of hydrogen-bond donors (Lipinski definition) is 1. The average molecular weight is 213 g/mol. The van der Waals surface area contributed by atoms with Crippen LogP contribution < -0.4 is 0 Å². The van der Waals surface area contributed by atoms with E-state index in [1.807, 2.05) is 11.8 Å². The summed E-state index contributed by atoms with van der Waals surface area (Å²) in [5.74, 6) is 0.988. The van der Waals surface area contributed by atoms with E-state index in [1.165, 1.54) is 0 Å². The van der Waals surface area contributed by atoms with E-state index in [0.29, 0.717) is 24.8 Å². The van der Waals surface area contributed by atoms with Crippen LogP contribution in [0, 0.1) is 11.8 Å². The number of rotatable bonds is 3. The molecule has 1 amide bonds. The highest BCUT2D eigenvalue weighted by Crippen LogP contribution is 2.19. The van der Waals surface area contributed by atoms with E-state index < -0.39 is 0 Å². The molecule has 15 heavy (non-hydrogen) atoms. The van der Waals surface area contributed by atoms with Gasteiger partial charge >= 0.3 is 0 Å². The first-order valence-corrected chi connectivity index (χ1v) is 6.00. The number of hydrogen-bond acceptors (Lipinski definition) is 2. The zero-order valence-corrected chi connectivity index (χ0v) is 10.1. The highest BCUT2D eigenvalue weighted by molar-refractivity contribution is 5.76. The number of likely N-dealkylation sites (tertiary alicyclic amines) is 1. The third-order valence-electron chi connectivity index (χ3n) is 3.49. The predicted molar refractivity (Wildman–Crippen MR) is 60.4 cm³/mol. The molecule has 1 heterocycles. The molecule has 3 unspecified atom stereocenters. The minimum absolute atomic E-state index is 0.204. The van der Waals surface area contributed by atoms with E-state index >= 15 is 0 Å². The normalized spacial score (nSPS) is 28.9. The number of piperidine rings is 1. The minimum atomic E-state index is -0.334. The summed E-state index contributed by atoms with van der Waals surface area (Å²) in [6.45, 7) is 7.58. The van der Waals surface area contributed by atoms with Crippen LogP contribution in [0.5, 0.6) is 0 Å². The molecule has 1 aliphatic heterocycles. The van der Waals surface area contributed by atoms with Crippen molar-refractivity contribution in [2.24, 2.45) is 11.8 Å². The number of β-amino-alcohol motifs (C(OH)–C–C–N with tert-alkyl or cyclic N) is 1. The first kappa shape index (κ1) is 12.5. The molecule has 0 radical (unpaired) electrons.